The zero-order valence-electron chi connectivity index (χ0n) is 13.2. The Labute approximate surface area is 136 Å². The summed E-state index contributed by atoms with van der Waals surface area (Å²) in [6.45, 7) is 1.64. The summed E-state index contributed by atoms with van der Waals surface area (Å²) in [5.41, 5.74) is 1.96. The molecule has 4 heteroatoms. The smallest absolute Gasteiger partial charge is 0.306 e. The molecule has 0 fully saturated rings. The molecule has 120 valence electrons. The van der Waals surface area contributed by atoms with Gasteiger partial charge in [0.05, 0.1) is 6.04 Å². The van der Waals surface area contributed by atoms with Gasteiger partial charge in [-0.05, 0) is 17.5 Å². The van der Waals surface area contributed by atoms with E-state index in [9.17, 15) is 9.59 Å². The quantitative estimate of drug-likeness (QED) is 0.799. The van der Waals surface area contributed by atoms with Crippen molar-refractivity contribution in [3.8, 4) is 0 Å². The third kappa shape index (κ3) is 5.25. The second-order valence-electron chi connectivity index (χ2n) is 5.23. The Morgan fingerprint density at radius 3 is 1.96 bits per heavy atom. The van der Waals surface area contributed by atoms with Crippen molar-refractivity contribution >= 4 is 11.9 Å². The van der Waals surface area contributed by atoms with Gasteiger partial charge in [-0.2, -0.15) is 0 Å². The summed E-state index contributed by atoms with van der Waals surface area (Å²) in [5, 5.41) is 2.93. The maximum Gasteiger partial charge on any atom is 0.306 e. The second-order valence-corrected chi connectivity index (χ2v) is 5.23. The van der Waals surface area contributed by atoms with Gasteiger partial charge in [0.15, 0.2) is 6.61 Å². The SMILES string of the molecule is CCCC(=O)OCC(=O)NC(c1ccccc1)c1ccccc1. The molecule has 0 spiro atoms. The highest BCUT2D eigenvalue weighted by Gasteiger charge is 2.17. The number of benzene rings is 2. The molecule has 0 heterocycles. The van der Waals surface area contributed by atoms with E-state index in [-0.39, 0.29) is 24.5 Å². The zero-order chi connectivity index (χ0) is 16.5. The monoisotopic (exact) mass is 311 g/mol. The van der Waals surface area contributed by atoms with Gasteiger partial charge in [0.2, 0.25) is 0 Å². The van der Waals surface area contributed by atoms with Crippen LogP contribution in [-0.2, 0) is 14.3 Å². The molecule has 0 atom stereocenters. The van der Waals surface area contributed by atoms with Crippen molar-refractivity contribution in [2.24, 2.45) is 0 Å². The standard InChI is InChI=1S/C19H21NO3/c1-2-9-18(22)23-14-17(21)20-19(15-10-5-3-6-11-15)16-12-7-4-8-13-16/h3-8,10-13,19H,2,9,14H2,1H3,(H,20,21). The van der Waals surface area contributed by atoms with Crippen LogP contribution in [0, 0.1) is 0 Å². The van der Waals surface area contributed by atoms with E-state index in [0.29, 0.717) is 12.8 Å². The van der Waals surface area contributed by atoms with Gasteiger partial charge in [-0.25, -0.2) is 0 Å². The summed E-state index contributed by atoms with van der Waals surface area (Å²) >= 11 is 0. The minimum atomic E-state index is -0.348. The van der Waals surface area contributed by atoms with Crippen LogP contribution in [0.5, 0.6) is 0 Å². The second kappa shape index (κ2) is 8.73. The fourth-order valence-corrected chi connectivity index (χ4v) is 2.28. The van der Waals surface area contributed by atoms with E-state index in [1.807, 2.05) is 67.6 Å². The Bertz CT molecular complexity index is 586. The first-order valence-corrected chi connectivity index (χ1v) is 7.75. The number of ether oxygens (including phenoxy) is 1. The van der Waals surface area contributed by atoms with Crippen molar-refractivity contribution in [1.82, 2.24) is 5.32 Å². The van der Waals surface area contributed by atoms with Gasteiger partial charge < -0.3 is 10.1 Å². The van der Waals surface area contributed by atoms with Gasteiger partial charge in [-0.15, -0.1) is 0 Å². The Balaban J connectivity index is 2.07. The zero-order valence-corrected chi connectivity index (χ0v) is 13.2. The molecular formula is C19H21NO3. The molecule has 0 saturated heterocycles. The van der Waals surface area contributed by atoms with E-state index in [1.165, 1.54) is 0 Å². The molecule has 2 aromatic carbocycles. The van der Waals surface area contributed by atoms with Gasteiger partial charge in [-0.1, -0.05) is 67.6 Å². The molecule has 1 N–H and O–H groups in total. The van der Waals surface area contributed by atoms with Gasteiger partial charge in [0.1, 0.15) is 0 Å². The average molecular weight is 311 g/mol. The van der Waals surface area contributed by atoms with Crippen LogP contribution >= 0.6 is 0 Å². The van der Waals surface area contributed by atoms with Gasteiger partial charge in [-0.3, -0.25) is 9.59 Å². The van der Waals surface area contributed by atoms with Crippen LogP contribution in [0.2, 0.25) is 0 Å². The van der Waals surface area contributed by atoms with Crippen molar-refractivity contribution in [1.29, 1.82) is 0 Å². The highest BCUT2D eigenvalue weighted by Crippen LogP contribution is 2.21. The van der Waals surface area contributed by atoms with Crippen LogP contribution in [0.1, 0.15) is 36.9 Å². The summed E-state index contributed by atoms with van der Waals surface area (Å²) < 4.78 is 4.97. The normalized spacial score (nSPS) is 10.3. The maximum atomic E-state index is 12.1. The molecule has 0 saturated carbocycles. The number of hydrogen-bond acceptors (Lipinski definition) is 3. The average Bonchev–Trinajstić information content (AvgIpc) is 2.60. The van der Waals surface area contributed by atoms with Crippen LogP contribution < -0.4 is 5.32 Å². The highest BCUT2D eigenvalue weighted by molar-refractivity contribution is 5.81. The summed E-state index contributed by atoms with van der Waals surface area (Å²) in [5.74, 6) is -0.661. The lowest BCUT2D eigenvalue weighted by atomic mass is 9.99. The first kappa shape index (κ1) is 16.7. The van der Waals surface area contributed by atoms with E-state index >= 15 is 0 Å². The molecular weight excluding hydrogens is 290 g/mol. The Kier molecular flexibility index (Phi) is 6.36. The number of rotatable bonds is 7. The van der Waals surface area contributed by atoms with Crippen LogP contribution in [-0.4, -0.2) is 18.5 Å². The van der Waals surface area contributed by atoms with Crippen LogP contribution in [0.15, 0.2) is 60.7 Å². The molecule has 0 radical (unpaired) electrons. The lowest BCUT2D eigenvalue weighted by Gasteiger charge is -2.19. The predicted molar refractivity (Wildman–Crippen MR) is 88.7 cm³/mol. The van der Waals surface area contributed by atoms with Gasteiger partial charge in [0.25, 0.3) is 5.91 Å². The molecule has 2 rings (SSSR count). The minimum Gasteiger partial charge on any atom is -0.456 e. The fraction of sp³-hybridized carbons (Fsp3) is 0.263. The first-order chi connectivity index (χ1) is 11.2. The van der Waals surface area contributed by atoms with E-state index in [0.717, 1.165) is 11.1 Å². The van der Waals surface area contributed by atoms with Crippen molar-refractivity contribution in [3.63, 3.8) is 0 Å². The number of carbonyl (C=O) groups is 2. The fourth-order valence-electron chi connectivity index (χ4n) is 2.28. The van der Waals surface area contributed by atoms with Crippen molar-refractivity contribution in [2.75, 3.05) is 6.61 Å². The Morgan fingerprint density at radius 2 is 1.48 bits per heavy atom. The molecule has 0 aromatic heterocycles. The third-order valence-corrected chi connectivity index (χ3v) is 3.39. The number of nitrogens with one attached hydrogen (secondary N) is 1. The van der Waals surface area contributed by atoms with Crippen LogP contribution in [0.4, 0.5) is 0 Å². The summed E-state index contributed by atoms with van der Waals surface area (Å²) in [6, 6.07) is 19.1. The minimum absolute atomic E-state index is 0.255. The van der Waals surface area contributed by atoms with Crippen molar-refractivity contribution < 1.29 is 14.3 Å². The Morgan fingerprint density at radius 1 is 0.957 bits per heavy atom. The summed E-state index contributed by atoms with van der Waals surface area (Å²) in [4.78, 5) is 23.5. The van der Waals surface area contributed by atoms with Gasteiger partial charge >= 0.3 is 5.97 Å². The first-order valence-electron chi connectivity index (χ1n) is 7.75. The lowest BCUT2D eigenvalue weighted by molar-refractivity contribution is -0.148. The molecule has 2 aromatic rings. The highest BCUT2D eigenvalue weighted by atomic mass is 16.5. The van der Waals surface area contributed by atoms with Gasteiger partial charge in [0, 0.05) is 6.42 Å². The molecule has 1 amide bonds. The molecule has 4 nitrogen and oxygen atoms in total. The van der Waals surface area contributed by atoms with Crippen LogP contribution in [0.3, 0.4) is 0 Å². The number of carbonyl (C=O) groups excluding carboxylic acids is 2. The van der Waals surface area contributed by atoms with Crippen molar-refractivity contribution in [2.45, 2.75) is 25.8 Å². The Hall–Kier alpha value is -2.62. The largest absolute Gasteiger partial charge is 0.456 e. The predicted octanol–water partition coefficient (Wildman–Crippen LogP) is 3.24. The topological polar surface area (TPSA) is 55.4 Å². The molecule has 0 bridgehead atoms. The van der Waals surface area contributed by atoms with E-state index < -0.39 is 0 Å². The lowest BCUT2D eigenvalue weighted by Crippen LogP contribution is -2.33. The third-order valence-electron chi connectivity index (χ3n) is 3.39. The van der Waals surface area contributed by atoms with Crippen molar-refractivity contribution in [3.05, 3.63) is 71.8 Å². The van der Waals surface area contributed by atoms with E-state index in [1.54, 1.807) is 0 Å². The summed E-state index contributed by atoms with van der Waals surface area (Å²) in [7, 11) is 0. The van der Waals surface area contributed by atoms with Crippen LogP contribution in [0.25, 0.3) is 0 Å². The molecule has 0 aliphatic rings. The maximum absolute atomic E-state index is 12.1. The molecule has 0 unspecified atom stereocenters. The van der Waals surface area contributed by atoms with E-state index in [4.69, 9.17) is 4.74 Å². The molecule has 23 heavy (non-hydrogen) atoms. The number of amides is 1. The molecule has 0 aliphatic heterocycles. The summed E-state index contributed by atoms with van der Waals surface area (Å²) in [6.07, 6.45) is 1.03. The van der Waals surface area contributed by atoms with E-state index in [2.05, 4.69) is 5.32 Å². The molecule has 0 aliphatic carbocycles. The number of esters is 1. The number of hydrogen-bond donors (Lipinski definition) is 1.